The lowest BCUT2D eigenvalue weighted by molar-refractivity contribution is 0.102. The smallest absolute Gasteiger partial charge is 0.319 e. The third-order valence-electron chi connectivity index (χ3n) is 4.68. The van der Waals surface area contributed by atoms with E-state index in [1.165, 1.54) is 0 Å². The molecule has 0 saturated carbocycles. The highest BCUT2D eigenvalue weighted by Crippen LogP contribution is 2.25. The fraction of sp³-hybridized carbons (Fsp3) is 0.0870. The van der Waals surface area contributed by atoms with Crippen molar-refractivity contribution < 1.29 is 14.1 Å². The first-order valence-electron chi connectivity index (χ1n) is 9.65. The van der Waals surface area contributed by atoms with Gasteiger partial charge < -0.3 is 26.2 Å². The van der Waals surface area contributed by atoms with Crippen LogP contribution in [-0.2, 0) is 6.54 Å². The van der Waals surface area contributed by atoms with E-state index >= 15 is 0 Å². The van der Waals surface area contributed by atoms with Gasteiger partial charge in [0.05, 0.1) is 10.9 Å². The standard InChI is InChI=1S/C23H21N5O3/c1-14-5-2-7-16(11-14)27-23(30)25-13-15-6-3-8-17(12-15)26-22(29)18-9-4-10-19-20(18)21(24)28-31-19/h2-12H,13H2,1H3,(H2,24,28)(H,26,29)(H2,25,27,30). The van der Waals surface area contributed by atoms with Crippen molar-refractivity contribution in [3.63, 3.8) is 0 Å². The molecule has 1 heterocycles. The zero-order valence-electron chi connectivity index (χ0n) is 16.8. The number of nitrogen functional groups attached to an aromatic ring is 1. The van der Waals surface area contributed by atoms with Gasteiger partial charge in [-0.3, -0.25) is 4.79 Å². The number of amides is 3. The molecule has 5 N–H and O–H groups in total. The summed E-state index contributed by atoms with van der Waals surface area (Å²) in [6.45, 7) is 2.26. The van der Waals surface area contributed by atoms with Gasteiger partial charge in [-0.25, -0.2) is 4.79 Å². The number of carbonyl (C=O) groups excluding carboxylic acids is 2. The van der Waals surface area contributed by atoms with Crippen LogP contribution < -0.4 is 21.7 Å². The van der Waals surface area contributed by atoms with E-state index in [9.17, 15) is 9.59 Å². The molecule has 0 bridgehead atoms. The second-order valence-electron chi connectivity index (χ2n) is 7.08. The Hall–Kier alpha value is -4.33. The van der Waals surface area contributed by atoms with E-state index in [1.807, 2.05) is 37.3 Å². The summed E-state index contributed by atoms with van der Waals surface area (Å²) >= 11 is 0. The Kier molecular flexibility index (Phi) is 5.53. The number of nitrogens with one attached hydrogen (secondary N) is 3. The normalized spacial score (nSPS) is 10.6. The molecule has 4 aromatic rings. The van der Waals surface area contributed by atoms with E-state index < -0.39 is 0 Å². The molecular weight excluding hydrogens is 394 g/mol. The minimum absolute atomic E-state index is 0.165. The summed E-state index contributed by atoms with van der Waals surface area (Å²) in [5.74, 6) is -0.166. The SMILES string of the molecule is Cc1cccc(NC(=O)NCc2cccc(NC(=O)c3cccc4onc(N)c34)c2)c1. The van der Waals surface area contributed by atoms with Gasteiger partial charge in [0.15, 0.2) is 11.4 Å². The van der Waals surface area contributed by atoms with Crippen molar-refractivity contribution in [3.8, 4) is 0 Å². The van der Waals surface area contributed by atoms with Gasteiger partial charge in [-0.05, 0) is 54.4 Å². The molecule has 8 heteroatoms. The largest absolute Gasteiger partial charge is 0.380 e. The second-order valence-corrected chi connectivity index (χ2v) is 7.08. The van der Waals surface area contributed by atoms with Crippen LogP contribution in [0, 0.1) is 6.92 Å². The maximum atomic E-state index is 12.8. The Balaban J connectivity index is 1.40. The molecule has 156 valence electrons. The fourth-order valence-electron chi connectivity index (χ4n) is 3.24. The first-order chi connectivity index (χ1) is 15.0. The molecule has 0 unspecified atom stereocenters. The van der Waals surface area contributed by atoms with Crippen molar-refractivity contribution in [2.24, 2.45) is 0 Å². The highest BCUT2D eigenvalue weighted by atomic mass is 16.5. The molecule has 0 spiro atoms. The van der Waals surface area contributed by atoms with Gasteiger partial charge in [0.1, 0.15) is 0 Å². The molecule has 3 amide bonds. The quantitative estimate of drug-likeness (QED) is 0.387. The van der Waals surface area contributed by atoms with Gasteiger partial charge in [0.25, 0.3) is 5.91 Å². The maximum absolute atomic E-state index is 12.8. The zero-order chi connectivity index (χ0) is 21.8. The van der Waals surface area contributed by atoms with Crippen molar-refractivity contribution in [3.05, 3.63) is 83.4 Å². The fourth-order valence-corrected chi connectivity index (χ4v) is 3.24. The summed E-state index contributed by atoms with van der Waals surface area (Å²) in [6.07, 6.45) is 0. The zero-order valence-corrected chi connectivity index (χ0v) is 16.8. The van der Waals surface area contributed by atoms with Crippen LogP contribution in [0.25, 0.3) is 11.0 Å². The van der Waals surface area contributed by atoms with Crippen LogP contribution >= 0.6 is 0 Å². The highest BCUT2D eigenvalue weighted by molar-refractivity contribution is 6.14. The summed E-state index contributed by atoms with van der Waals surface area (Å²) < 4.78 is 5.11. The number of aromatic nitrogens is 1. The van der Waals surface area contributed by atoms with Crippen LogP contribution in [0.2, 0.25) is 0 Å². The lowest BCUT2D eigenvalue weighted by atomic mass is 10.1. The van der Waals surface area contributed by atoms with Crippen LogP contribution in [0.5, 0.6) is 0 Å². The van der Waals surface area contributed by atoms with Gasteiger partial charge in [0.2, 0.25) is 0 Å². The Labute approximate surface area is 178 Å². The van der Waals surface area contributed by atoms with E-state index in [1.54, 1.807) is 36.4 Å². The molecule has 4 rings (SSSR count). The van der Waals surface area contributed by atoms with Gasteiger partial charge in [-0.15, -0.1) is 0 Å². The first kappa shape index (κ1) is 20.0. The molecule has 1 aromatic heterocycles. The molecule has 8 nitrogen and oxygen atoms in total. The Morgan fingerprint density at radius 3 is 2.52 bits per heavy atom. The van der Waals surface area contributed by atoms with Crippen LogP contribution in [0.3, 0.4) is 0 Å². The molecule has 31 heavy (non-hydrogen) atoms. The maximum Gasteiger partial charge on any atom is 0.319 e. The first-order valence-corrected chi connectivity index (χ1v) is 9.65. The predicted molar refractivity (Wildman–Crippen MR) is 120 cm³/mol. The number of urea groups is 1. The Bertz CT molecular complexity index is 1270. The number of rotatable bonds is 5. The number of fused-ring (bicyclic) bond motifs is 1. The molecular formula is C23H21N5O3. The van der Waals surface area contributed by atoms with Crippen molar-refractivity contribution >= 4 is 40.1 Å². The number of nitrogens with two attached hydrogens (primary N) is 1. The summed E-state index contributed by atoms with van der Waals surface area (Å²) in [5.41, 5.74) is 9.86. The summed E-state index contributed by atoms with van der Waals surface area (Å²) in [4.78, 5) is 24.9. The monoisotopic (exact) mass is 415 g/mol. The lowest BCUT2D eigenvalue weighted by Gasteiger charge is -2.10. The van der Waals surface area contributed by atoms with Crippen molar-refractivity contribution in [2.45, 2.75) is 13.5 Å². The third-order valence-corrected chi connectivity index (χ3v) is 4.68. The predicted octanol–water partition coefficient (Wildman–Crippen LogP) is 4.29. The number of hydrogen-bond acceptors (Lipinski definition) is 5. The molecule has 3 aromatic carbocycles. The molecule has 0 aliphatic heterocycles. The highest BCUT2D eigenvalue weighted by Gasteiger charge is 2.16. The number of anilines is 3. The average molecular weight is 415 g/mol. The van der Waals surface area contributed by atoms with Crippen LogP contribution in [-0.4, -0.2) is 17.1 Å². The average Bonchev–Trinajstić information content (AvgIpc) is 3.14. The minimum Gasteiger partial charge on any atom is -0.380 e. The molecule has 0 radical (unpaired) electrons. The second kappa shape index (κ2) is 8.58. The molecule has 0 aliphatic rings. The van der Waals surface area contributed by atoms with E-state index in [-0.39, 0.29) is 17.8 Å². The van der Waals surface area contributed by atoms with E-state index in [4.69, 9.17) is 10.3 Å². The summed E-state index contributed by atoms with van der Waals surface area (Å²) in [7, 11) is 0. The van der Waals surface area contributed by atoms with Crippen molar-refractivity contribution in [1.29, 1.82) is 0 Å². The van der Waals surface area contributed by atoms with Crippen LogP contribution in [0.1, 0.15) is 21.5 Å². The topological polar surface area (TPSA) is 122 Å². The Morgan fingerprint density at radius 2 is 1.71 bits per heavy atom. The van der Waals surface area contributed by atoms with E-state index in [2.05, 4.69) is 21.1 Å². The lowest BCUT2D eigenvalue weighted by Crippen LogP contribution is -2.28. The minimum atomic E-state index is -0.331. The number of aryl methyl sites for hydroxylation is 1. The van der Waals surface area contributed by atoms with Gasteiger partial charge in [0, 0.05) is 17.9 Å². The number of benzene rings is 3. The number of carbonyl (C=O) groups is 2. The van der Waals surface area contributed by atoms with Gasteiger partial charge in [-0.2, -0.15) is 0 Å². The molecule has 0 saturated heterocycles. The van der Waals surface area contributed by atoms with E-state index in [0.29, 0.717) is 28.8 Å². The molecule has 0 fully saturated rings. The number of nitrogens with zero attached hydrogens (tertiary/aromatic N) is 1. The van der Waals surface area contributed by atoms with Crippen LogP contribution in [0.4, 0.5) is 22.0 Å². The number of hydrogen-bond donors (Lipinski definition) is 4. The van der Waals surface area contributed by atoms with E-state index in [0.717, 1.165) is 16.8 Å². The van der Waals surface area contributed by atoms with Gasteiger partial charge in [-0.1, -0.05) is 35.5 Å². The van der Waals surface area contributed by atoms with Crippen molar-refractivity contribution in [2.75, 3.05) is 16.4 Å². The van der Waals surface area contributed by atoms with Gasteiger partial charge >= 0.3 is 6.03 Å². The molecule has 0 atom stereocenters. The molecule has 0 aliphatic carbocycles. The summed E-state index contributed by atoms with van der Waals surface area (Å²) in [6, 6.07) is 19.5. The third kappa shape index (κ3) is 4.64. The summed E-state index contributed by atoms with van der Waals surface area (Å²) in [5, 5.41) is 12.6. The van der Waals surface area contributed by atoms with Crippen LogP contribution in [0.15, 0.2) is 71.3 Å². The van der Waals surface area contributed by atoms with Crippen molar-refractivity contribution in [1.82, 2.24) is 10.5 Å². The Morgan fingerprint density at radius 1 is 0.968 bits per heavy atom.